The van der Waals surface area contributed by atoms with E-state index in [0.717, 1.165) is 16.0 Å². The second-order valence-corrected chi connectivity index (χ2v) is 4.24. The predicted octanol–water partition coefficient (Wildman–Crippen LogP) is 3.72. The van der Waals surface area contributed by atoms with E-state index in [1.807, 2.05) is 19.1 Å². The lowest BCUT2D eigenvalue weighted by molar-refractivity contribution is 0.114. The Balaban J connectivity index is 0.000000980. The minimum Gasteiger partial charge on any atom is -0.474 e. The van der Waals surface area contributed by atoms with E-state index in [2.05, 4.69) is 20.9 Å². The Morgan fingerprint density at radius 2 is 2.14 bits per heavy atom. The van der Waals surface area contributed by atoms with Gasteiger partial charge in [0.2, 0.25) is 5.88 Å². The summed E-state index contributed by atoms with van der Waals surface area (Å²) >= 11 is 3.41. The highest BCUT2D eigenvalue weighted by Crippen LogP contribution is 2.25. The molecule has 1 aliphatic rings. The fourth-order valence-electron chi connectivity index (χ4n) is 1.25. The monoisotopic (exact) mass is 257 g/mol. The first-order chi connectivity index (χ1) is 6.25. The van der Waals surface area contributed by atoms with E-state index in [9.17, 15) is 0 Å². The Kier molecular flexibility index (Phi) is 3.93. The van der Waals surface area contributed by atoms with E-state index in [1.165, 1.54) is 19.3 Å². The minimum atomic E-state index is 0. The molecule has 0 amide bonds. The number of halogens is 1. The van der Waals surface area contributed by atoms with E-state index in [0.29, 0.717) is 6.10 Å². The van der Waals surface area contributed by atoms with Gasteiger partial charge in [-0.15, -0.1) is 0 Å². The predicted molar refractivity (Wildman–Crippen MR) is 61.7 cm³/mol. The number of hydrogen-bond acceptors (Lipinski definition) is 2. The molecular formula is C11H16BrNO. The van der Waals surface area contributed by atoms with Crippen LogP contribution in [0.15, 0.2) is 16.6 Å². The van der Waals surface area contributed by atoms with Crippen molar-refractivity contribution in [2.45, 2.75) is 39.7 Å². The summed E-state index contributed by atoms with van der Waals surface area (Å²) in [5.41, 5.74) is 0.983. The molecule has 78 valence electrons. The molecular weight excluding hydrogens is 242 g/mol. The fraction of sp³-hybridized carbons (Fsp3) is 0.545. The molecule has 0 spiro atoms. The third kappa shape index (κ3) is 2.47. The van der Waals surface area contributed by atoms with Crippen LogP contribution in [0.4, 0.5) is 0 Å². The molecule has 14 heavy (non-hydrogen) atoms. The van der Waals surface area contributed by atoms with Crippen molar-refractivity contribution in [3.8, 4) is 5.88 Å². The maximum absolute atomic E-state index is 5.65. The zero-order valence-corrected chi connectivity index (χ0v) is 9.17. The molecule has 1 heterocycles. The highest BCUT2D eigenvalue weighted by molar-refractivity contribution is 9.10. The maximum atomic E-state index is 5.65. The smallest absolute Gasteiger partial charge is 0.213 e. The summed E-state index contributed by atoms with van der Waals surface area (Å²) in [6, 6.07) is 3.89. The second kappa shape index (κ2) is 4.78. The van der Waals surface area contributed by atoms with Crippen LogP contribution < -0.4 is 4.74 Å². The van der Waals surface area contributed by atoms with Crippen LogP contribution in [0.25, 0.3) is 0 Å². The lowest BCUT2D eigenvalue weighted by Crippen LogP contribution is -2.25. The van der Waals surface area contributed by atoms with Crippen molar-refractivity contribution in [1.82, 2.24) is 4.98 Å². The van der Waals surface area contributed by atoms with Gasteiger partial charge in [0.15, 0.2) is 0 Å². The van der Waals surface area contributed by atoms with Gasteiger partial charge >= 0.3 is 0 Å². The van der Waals surface area contributed by atoms with Gasteiger partial charge < -0.3 is 4.74 Å². The van der Waals surface area contributed by atoms with Gasteiger partial charge in [-0.2, -0.15) is 0 Å². The SMILES string of the molecule is C.Cc1nc(OC2CCC2)ccc1Br. The molecule has 0 aromatic carbocycles. The number of nitrogens with zero attached hydrogens (tertiary/aromatic N) is 1. The van der Waals surface area contributed by atoms with Crippen LogP contribution in [0.5, 0.6) is 5.88 Å². The molecule has 1 saturated carbocycles. The summed E-state index contributed by atoms with van der Waals surface area (Å²) in [6.45, 7) is 1.97. The Bertz CT molecular complexity index is 310. The zero-order chi connectivity index (χ0) is 9.26. The quantitative estimate of drug-likeness (QED) is 0.806. The molecule has 1 fully saturated rings. The van der Waals surface area contributed by atoms with E-state index in [4.69, 9.17) is 4.74 Å². The van der Waals surface area contributed by atoms with Crippen molar-refractivity contribution in [3.05, 3.63) is 22.3 Å². The van der Waals surface area contributed by atoms with Crippen molar-refractivity contribution >= 4 is 15.9 Å². The Labute approximate surface area is 93.8 Å². The number of rotatable bonds is 2. The molecule has 1 aliphatic carbocycles. The van der Waals surface area contributed by atoms with E-state index in [1.54, 1.807) is 0 Å². The van der Waals surface area contributed by atoms with Gasteiger partial charge in [0.25, 0.3) is 0 Å². The van der Waals surface area contributed by atoms with Gasteiger partial charge in [0, 0.05) is 10.5 Å². The molecule has 0 radical (unpaired) electrons. The lowest BCUT2D eigenvalue weighted by Gasteiger charge is -2.25. The lowest BCUT2D eigenvalue weighted by atomic mass is 9.96. The molecule has 0 N–H and O–H groups in total. The molecule has 1 aromatic heterocycles. The topological polar surface area (TPSA) is 22.1 Å². The molecule has 2 nitrogen and oxygen atoms in total. The highest BCUT2D eigenvalue weighted by atomic mass is 79.9. The van der Waals surface area contributed by atoms with Crippen molar-refractivity contribution in [3.63, 3.8) is 0 Å². The summed E-state index contributed by atoms with van der Waals surface area (Å²) in [6.07, 6.45) is 4.06. The molecule has 0 bridgehead atoms. The summed E-state index contributed by atoms with van der Waals surface area (Å²) in [5, 5.41) is 0. The van der Waals surface area contributed by atoms with E-state index in [-0.39, 0.29) is 7.43 Å². The first kappa shape index (κ1) is 11.5. The molecule has 0 atom stereocenters. The summed E-state index contributed by atoms with van der Waals surface area (Å²) in [5.74, 6) is 0.755. The summed E-state index contributed by atoms with van der Waals surface area (Å²) in [4.78, 5) is 4.33. The normalized spacial score (nSPS) is 15.6. The minimum absolute atomic E-state index is 0. The van der Waals surface area contributed by atoms with Crippen LogP contribution in [-0.4, -0.2) is 11.1 Å². The number of aromatic nitrogens is 1. The molecule has 1 aromatic rings. The molecule has 3 heteroatoms. The van der Waals surface area contributed by atoms with Crippen LogP contribution >= 0.6 is 15.9 Å². The Morgan fingerprint density at radius 1 is 1.43 bits per heavy atom. The number of pyridine rings is 1. The number of ether oxygens (including phenoxy) is 1. The third-order valence-corrected chi connectivity index (χ3v) is 3.17. The van der Waals surface area contributed by atoms with Crippen LogP contribution in [0.1, 0.15) is 32.4 Å². The van der Waals surface area contributed by atoms with Gasteiger partial charge in [-0.1, -0.05) is 7.43 Å². The Hall–Kier alpha value is -0.570. The third-order valence-electron chi connectivity index (χ3n) is 2.34. The number of hydrogen-bond donors (Lipinski definition) is 0. The highest BCUT2D eigenvalue weighted by Gasteiger charge is 2.19. The fourth-order valence-corrected chi connectivity index (χ4v) is 1.47. The zero-order valence-electron chi connectivity index (χ0n) is 7.59. The van der Waals surface area contributed by atoms with E-state index < -0.39 is 0 Å². The van der Waals surface area contributed by atoms with E-state index >= 15 is 0 Å². The average Bonchev–Trinajstić information content (AvgIpc) is 2.04. The van der Waals surface area contributed by atoms with Crippen LogP contribution in [0, 0.1) is 6.92 Å². The first-order valence-corrected chi connectivity index (χ1v) is 5.35. The van der Waals surface area contributed by atoms with Crippen LogP contribution in [-0.2, 0) is 0 Å². The largest absolute Gasteiger partial charge is 0.474 e. The van der Waals surface area contributed by atoms with Crippen molar-refractivity contribution in [2.75, 3.05) is 0 Å². The number of aryl methyl sites for hydroxylation is 1. The van der Waals surface area contributed by atoms with Gasteiger partial charge in [0.1, 0.15) is 6.10 Å². The maximum Gasteiger partial charge on any atom is 0.213 e. The van der Waals surface area contributed by atoms with Crippen LogP contribution in [0.2, 0.25) is 0 Å². The molecule has 2 rings (SSSR count). The van der Waals surface area contributed by atoms with Gasteiger partial charge in [-0.3, -0.25) is 0 Å². The van der Waals surface area contributed by atoms with Gasteiger partial charge in [-0.25, -0.2) is 4.98 Å². The van der Waals surface area contributed by atoms with Crippen molar-refractivity contribution in [2.24, 2.45) is 0 Å². The first-order valence-electron chi connectivity index (χ1n) is 4.55. The average molecular weight is 258 g/mol. The summed E-state index contributed by atoms with van der Waals surface area (Å²) < 4.78 is 6.69. The van der Waals surface area contributed by atoms with Crippen molar-refractivity contribution < 1.29 is 4.74 Å². The molecule has 0 aliphatic heterocycles. The molecule has 0 unspecified atom stereocenters. The van der Waals surface area contributed by atoms with Gasteiger partial charge in [-0.05, 0) is 48.2 Å². The Morgan fingerprint density at radius 3 is 2.64 bits per heavy atom. The summed E-state index contributed by atoms with van der Waals surface area (Å²) in [7, 11) is 0. The van der Waals surface area contributed by atoms with Crippen LogP contribution in [0.3, 0.4) is 0 Å². The second-order valence-electron chi connectivity index (χ2n) is 3.39. The standard InChI is InChI=1S/C10H12BrNO.CH4/c1-7-9(11)5-6-10(12-7)13-8-3-2-4-8;/h5-6,8H,2-4H2,1H3;1H4. The molecule has 0 saturated heterocycles. The van der Waals surface area contributed by atoms with Crippen molar-refractivity contribution in [1.29, 1.82) is 0 Å². The van der Waals surface area contributed by atoms with Gasteiger partial charge in [0.05, 0.1) is 5.69 Å².